The maximum absolute atomic E-state index is 12.4. The van der Waals surface area contributed by atoms with Crippen molar-refractivity contribution in [1.82, 2.24) is 4.98 Å². The van der Waals surface area contributed by atoms with E-state index in [1.54, 1.807) is 36.4 Å². The molecule has 1 aromatic heterocycles. The minimum absolute atomic E-state index is 0.0714. The van der Waals surface area contributed by atoms with E-state index in [1.165, 1.54) is 0 Å². The largest absolute Gasteiger partial charge is 0.399 e. The monoisotopic (exact) mass is 359 g/mol. The Morgan fingerprint density at radius 2 is 1.81 bits per heavy atom. The van der Waals surface area contributed by atoms with Crippen molar-refractivity contribution in [2.24, 2.45) is 0 Å². The Balaban J connectivity index is 1.67. The van der Waals surface area contributed by atoms with Gasteiger partial charge in [-0.15, -0.1) is 0 Å². The first-order valence-electron chi connectivity index (χ1n) is 9.01. The zero-order chi connectivity index (χ0) is 18.6. The van der Waals surface area contributed by atoms with E-state index in [9.17, 15) is 4.79 Å². The number of para-hydroxylation sites is 1. The molecular formula is C22H21N3O2. The normalized spacial score (nSPS) is 14.7. The van der Waals surface area contributed by atoms with Gasteiger partial charge < -0.3 is 15.4 Å². The van der Waals surface area contributed by atoms with Gasteiger partial charge in [0, 0.05) is 35.4 Å². The first-order chi connectivity index (χ1) is 13.2. The molecule has 1 saturated heterocycles. The van der Waals surface area contributed by atoms with Gasteiger partial charge in [0.25, 0.3) is 0 Å². The summed E-state index contributed by atoms with van der Waals surface area (Å²) in [6.07, 6.45) is 3.33. The third-order valence-corrected chi connectivity index (χ3v) is 4.67. The fraction of sp³-hybridized carbons (Fsp3) is 0.182. The quantitative estimate of drug-likeness (QED) is 0.438. The summed E-state index contributed by atoms with van der Waals surface area (Å²) < 4.78 is 5.48. The number of hydrogen-bond donors (Lipinski definition) is 1. The molecule has 5 heteroatoms. The van der Waals surface area contributed by atoms with Crippen LogP contribution >= 0.6 is 0 Å². The van der Waals surface area contributed by atoms with Gasteiger partial charge in [-0.3, -0.25) is 4.79 Å². The summed E-state index contributed by atoms with van der Waals surface area (Å²) >= 11 is 0. The molecule has 0 aliphatic carbocycles. The molecule has 1 fully saturated rings. The van der Waals surface area contributed by atoms with Crippen molar-refractivity contribution in [1.29, 1.82) is 0 Å². The summed E-state index contributed by atoms with van der Waals surface area (Å²) in [5, 5.41) is 1.11. The smallest absolute Gasteiger partial charge is 0.185 e. The molecule has 0 amide bonds. The Bertz CT molecular complexity index is 990. The summed E-state index contributed by atoms with van der Waals surface area (Å²) in [6.45, 7) is 3.14. The molecule has 1 aliphatic heterocycles. The minimum Gasteiger partial charge on any atom is -0.399 e. The van der Waals surface area contributed by atoms with Crippen LogP contribution in [-0.4, -0.2) is 37.1 Å². The first kappa shape index (κ1) is 17.2. The summed E-state index contributed by atoms with van der Waals surface area (Å²) in [5.74, 6) is -0.0714. The van der Waals surface area contributed by atoms with Crippen LogP contribution in [0.1, 0.15) is 16.1 Å². The second kappa shape index (κ2) is 7.60. The molecule has 0 atom stereocenters. The number of anilines is 2. The highest BCUT2D eigenvalue weighted by atomic mass is 16.5. The number of pyridine rings is 1. The molecule has 1 aliphatic rings. The maximum Gasteiger partial charge on any atom is 0.185 e. The SMILES string of the molecule is Nc1ccc(C(=O)C=Cc2cc(N3CCOCC3)c3ccccc3n2)cc1. The molecular weight excluding hydrogens is 338 g/mol. The van der Waals surface area contributed by atoms with Gasteiger partial charge in [-0.05, 0) is 48.6 Å². The van der Waals surface area contributed by atoms with Crippen LogP contribution in [0.4, 0.5) is 11.4 Å². The van der Waals surface area contributed by atoms with Crippen LogP contribution in [0, 0.1) is 0 Å². The highest BCUT2D eigenvalue weighted by Crippen LogP contribution is 2.28. The predicted octanol–water partition coefficient (Wildman–Crippen LogP) is 3.55. The van der Waals surface area contributed by atoms with Gasteiger partial charge >= 0.3 is 0 Å². The Hall–Kier alpha value is -3.18. The summed E-state index contributed by atoms with van der Waals surface area (Å²) in [7, 11) is 0. The van der Waals surface area contributed by atoms with Crippen molar-refractivity contribution in [2.75, 3.05) is 36.9 Å². The Kier molecular flexibility index (Phi) is 4.85. The van der Waals surface area contributed by atoms with E-state index >= 15 is 0 Å². The molecule has 0 saturated carbocycles. The number of nitrogen functional groups attached to an aromatic ring is 1. The molecule has 2 heterocycles. The van der Waals surface area contributed by atoms with Crippen LogP contribution in [0.5, 0.6) is 0 Å². The number of fused-ring (bicyclic) bond motifs is 1. The van der Waals surface area contributed by atoms with Crippen LogP contribution in [0.3, 0.4) is 0 Å². The number of ketones is 1. The summed E-state index contributed by atoms with van der Waals surface area (Å²) in [4.78, 5) is 19.4. The number of aromatic nitrogens is 1. The average molecular weight is 359 g/mol. The molecule has 4 rings (SSSR count). The number of hydrogen-bond acceptors (Lipinski definition) is 5. The van der Waals surface area contributed by atoms with Crippen molar-refractivity contribution >= 4 is 34.1 Å². The third kappa shape index (κ3) is 3.83. The van der Waals surface area contributed by atoms with Crippen LogP contribution in [0.15, 0.2) is 60.7 Å². The van der Waals surface area contributed by atoms with E-state index in [0.29, 0.717) is 11.3 Å². The Labute approximate surface area is 158 Å². The van der Waals surface area contributed by atoms with Crippen LogP contribution in [-0.2, 0) is 4.74 Å². The van der Waals surface area contributed by atoms with Crippen LogP contribution in [0.2, 0.25) is 0 Å². The third-order valence-electron chi connectivity index (χ3n) is 4.67. The first-order valence-corrected chi connectivity index (χ1v) is 9.01. The second-order valence-electron chi connectivity index (χ2n) is 6.50. The van der Waals surface area contributed by atoms with Gasteiger partial charge in [0.05, 0.1) is 24.4 Å². The van der Waals surface area contributed by atoms with Gasteiger partial charge in [0.2, 0.25) is 0 Å². The van der Waals surface area contributed by atoms with Gasteiger partial charge in [0.15, 0.2) is 5.78 Å². The van der Waals surface area contributed by atoms with Crippen LogP contribution < -0.4 is 10.6 Å². The molecule has 0 bridgehead atoms. The number of carbonyl (C=O) groups excluding carboxylic acids is 1. The molecule has 3 aromatic rings. The van der Waals surface area contributed by atoms with E-state index in [-0.39, 0.29) is 5.78 Å². The number of carbonyl (C=O) groups is 1. The molecule has 2 aromatic carbocycles. The maximum atomic E-state index is 12.4. The fourth-order valence-corrected chi connectivity index (χ4v) is 3.23. The van der Waals surface area contributed by atoms with Crippen LogP contribution in [0.25, 0.3) is 17.0 Å². The van der Waals surface area contributed by atoms with Gasteiger partial charge in [-0.1, -0.05) is 18.2 Å². The topological polar surface area (TPSA) is 68.5 Å². The Morgan fingerprint density at radius 3 is 2.59 bits per heavy atom. The lowest BCUT2D eigenvalue weighted by atomic mass is 10.1. The van der Waals surface area contributed by atoms with Gasteiger partial charge in [-0.25, -0.2) is 4.98 Å². The number of ether oxygens (including phenoxy) is 1. The molecule has 2 N–H and O–H groups in total. The van der Waals surface area contributed by atoms with Crippen molar-refractivity contribution in [3.05, 3.63) is 71.9 Å². The highest BCUT2D eigenvalue weighted by molar-refractivity contribution is 6.07. The van der Waals surface area contributed by atoms with E-state index in [2.05, 4.69) is 11.0 Å². The number of nitrogens with two attached hydrogens (primary N) is 1. The lowest BCUT2D eigenvalue weighted by Crippen LogP contribution is -2.36. The van der Waals surface area contributed by atoms with Gasteiger partial charge in [0.1, 0.15) is 0 Å². The number of nitrogens with zero attached hydrogens (tertiary/aromatic N) is 2. The average Bonchev–Trinajstić information content (AvgIpc) is 2.72. The van der Waals surface area contributed by atoms with Crippen molar-refractivity contribution in [2.45, 2.75) is 0 Å². The van der Waals surface area contributed by atoms with Gasteiger partial charge in [-0.2, -0.15) is 0 Å². The van der Waals surface area contributed by atoms with E-state index in [1.807, 2.05) is 24.3 Å². The van der Waals surface area contributed by atoms with Crippen molar-refractivity contribution in [3.63, 3.8) is 0 Å². The second-order valence-corrected chi connectivity index (χ2v) is 6.50. The molecule has 5 nitrogen and oxygen atoms in total. The molecule has 0 spiro atoms. The lowest BCUT2D eigenvalue weighted by Gasteiger charge is -2.30. The zero-order valence-corrected chi connectivity index (χ0v) is 15.0. The van der Waals surface area contributed by atoms with E-state index in [0.717, 1.165) is 48.6 Å². The predicted molar refractivity (Wildman–Crippen MR) is 109 cm³/mol. The standard InChI is InChI=1S/C22H21N3O2/c23-17-7-5-16(6-8-17)22(26)10-9-18-15-21(25-11-13-27-14-12-25)19-3-1-2-4-20(19)24-18/h1-10,15H,11-14,23H2. The van der Waals surface area contributed by atoms with Crippen molar-refractivity contribution in [3.8, 4) is 0 Å². The highest BCUT2D eigenvalue weighted by Gasteiger charge is 2.15. The minimum atomic E-state index is -0.0714. The van der Waals surface area contributed by atoms with Crippen molar-refractivity contribution < 1.29 is 9.53 Å². The summed E-state index contributed by atoms with van der Waals surface area (Å²) in [6, 6.07) is 17.0. The lowest BCUT2D eigenvalue weighted by molar-refractivity contribution is 0.104. The molecule has 136 valence electrons. The number of morpholine rings is 1. The Morgan fingerprint density at radius 1 is 1.07 bits per heavy atom. The molecule has 27 heavy (non-hydrogen) atoms. The molecule has 0 unspecified atom stereocenters. The number of benzene rings is 2. The zero-order valence-electron chi connectivity index (χ0n) is 15.0. The number of allylic oxidation sites excluding steroid dienone is 1. The fourth-order valence-electron chi connectivity index (χ4n) is 3.23. The molecule has 0 radical (unpaired) electrons. The van der Waals surface area contributed by atoms with E-state index < -0.39 is 0 Å². The van der Waals surface area contributed by atoms with E-state index in [4.69, 9.17) is 15.5 Å². The summed E-state index contributed by atoms with van der Waals surface area (Å²) in [5.41, 5.74) is 9.73. The number of rotatable bonds is 4.